The number of fused-ring (bicyclic) bond motifs is 3. The Hall–Kier alpha value is -1.79. The van der Waals surface area contributed by atoms with Crippen molar-refractivity contribution in [2.24, 2.45) is 5.92 Å². The highest BCUT2D eigenvalue weighted by Gasteiger charge is 2.23. The topological polar surface area (TPSA) is 61.0 Å². The first-order valence-electron chi connectivity index (χ1n) is 9.45. The number of hydrogen-bond donors (Lipinski definition) is 1. The smallest absolute Gasteiger partial charge is 0.191 e. The van der Waals surface area contributed by atoms with E-state index < -0.39 is 0 Å². The third-order valence-electron chi connectivity index (χ3n) is 4.83. The molecular weight excluding hydrogens is 374 g/mol. The van der Waals surface area contributed by atoms with Crippen LogP contribution in [-0.2, 0) is 18.6 Å². The van der Waals surface area contributed by atoms with E-state index in [0.29, 0.717) is 5.82 Å². The number of rotatable bonds is 5. The van der Waals surface area contributed by atoms with Crippen molar-refractivity contribution in [3.8, 4) is 5.75 Å². The lowest BCUT2D eigenvalue weighted by Crippen LogP contribution is -2.09. The SMILES string of the molecule is CC1CCc2c(sc3nc(SCc4ccc(OC(C)C)cc4)nc(N)c23)C1. The molecule has 3 aromatic rings. The number of nitrogens with zero attached hydrogens (tertiary/aromatic N) is 2. The summed E-state index contributed by atoms with van der Waals surface area (Å²) in [6.07, 6.45) is 3.66. The van der Waals surface area contributed by atoms with Crippen molar-refractivity contribution in [1.29, 1.82) is 0 Å². The van der Waals surface area contributed by atoms with Gasteiger partial charge in [-0.05, 0) is 62.3 Å². The molecule has 1 aliphatic carbocycles. The highest BCUT2D eigenvalue weighted by atomic mass is 32.2. The van der Waals surface area contributed by atoms with Crippen LogP contribution in [0.1, 0.15) is 43.2 Å². The Labute approximate surface area is 168 Å². The molecule has 1 unspecified atom stereocenters. The highest BCUT2D eigenvalue weighted by Crippen LogP contribution is 2.40. The fourth-order valence-electron chi connectivity index (χ4n) is 3.50. The molecule has 0 saturated heterocycles. The van der Waals surface area contributed by atoms with Gasteiger partial charge >= 0.3 is 0 Å². The largest absolute Gasteiger partial charge is 0.491 e. The molecule has 2 heterocycles. The Morgan fingerprint density at radius 2 is 2.04 bits per heavy atom. The van der Waals surface area contributed by atoms with Crippen LogP contribution in [0.5, 0.6) is 5.75 Å². The van der Waals surface area contributed by atoms with E-state index in [-0.39, 0.29) is 6.10 Å². The van der Waals surface area contributed by atoms with Crippen LogP contribution < -0.4 is 10.5 Å². The normalized spacial score (nSPS) is 16.7. The first-order valence-corrected chi connectivity index (χ1v) is 11.3. The Balaban J connectivity index is 1.51. The predicted octanol–water partition coefficient (Wildman–Crippen LogP) is 5.48. The van der Waals surface area contributed by atoms with E-state index >= 15 is 0 Å². The van der Waals surface area contributed by atoms with Crippen molar-refractivity contribution in [3.63, 3.8) is 0 Å². The Morgan fingerprint density at radius 3 is 2.78 bits per heavy atom. The number of aryl methyl sites for hydroxylation is 1. The van der Waals surface area contributed by atoms with Gasteiger partial charge in [0.25, 0.3) is 0 Å². The molecule has 4 nitrogen and oxygen atoms in total. The van der Waals surface area contributed by atoms with Gasteiger partial charge in [-0.15, -0.1) is 11.3 Å². The molecule has 1 aliphatic rings. The molecule has 0 radical (unpaired) electrons. The van der Waals surface area contributed by atoms with Crippen LogP contribution in [0.3, 0.4) is 0 Å². The first-order chi connectivity index (χ1) is 13.0. The van der Waals surface area contributed by atoms with E-state index in [9.17, 15) is 0 Å². The zero-order chi connectivity index (χ0) is 19.0. The number of thioether (sulfide) groups is 1. The van der Waals surface area contributed by atoms with Crippen LogP contribution in [0.4, 0.5) is 5.82 Å². The van der Waals surface area contributed by atoms with E-state index in [1.165, 1.54) is 22.4 Å². The second kappa shape index (κ2) is 7.68. The van der Waals surface area contributed by atoms with Gasteiger partial charge in [-0.1, -0.05) is 30.8 Å². The minimum atomic E-state index is 0.188. The molecule has 4 rings (SSSR count). The maximum atomic E-state index is 6.32. The van der Waals surface area contributed by atoms with Crippen LogP contribution in [0.25, 0.3) is 10.2 Å². The molecule has 0 aliphatic heterocycles. The molecular formula is C21H25N3OS2. The molecule has 142 valence electrons. The van der Waals surface area contributed by atoms with Crippen LogP contribution in [-0.4, -0.2) is 16.1 Å². The summed E-state index contributed by atoms with van der Waals surface area (Å²) in [7, 11) is 0. The summed E-state index contributed by atoms with van der Waals surface area (Å²) in [5.74, 6) is 3.10. The minimum Gasteiger partial charge on any atom is -0.491 e. The number of nitrogens with two attached hydrogens (primary N) is 1. The fraction of sp³-hybridized carbons (Fsp3) is 0.429. The van der Waals surface area contributed by atoms with E-state index in [1.54, 1.807) is 23.1 Å². The summed E-state index contributed by atoms with van der Waals surface area (Å²) < 4.78 is 5.70. The standard InChI is InChI=1S/C21H25N3OS2/c1-12(2)25-15-7-5-14(6-8-15)11-26-21-23-19(22)18-16-9-4-13(3)10-17(16)27-20(18)24-21/h5-8,12-13H,4,9-11H2,1-3H3,(H2,22,23,24). The summed E-state index contributed by atoms with van der Waals surface area (Å²) in [6, 6.07) is 8.22. The summed E-state index contributed by atoms with van der Waals surface area (Å²) in [5, 5.41) is 1.86. The molecule has 2 N–H and O–H groups in total. The summed E-state index contributed by atoms with van der Waals surface area (Å²) in [5.41, 5.74) is 8.93. The highest BCUT2D eigenvalue weighted by molar-refractivity contribution is 7.98. The second-order valence-corrected chi connectivity index (χ2v) is 9.55. The molecule has 0 amide bonds. The molecule has 6 heteroatoms. The predicted molar refractivity (Wildman–Crippen MR) is 115 cm³/mol. The van der Waals surface area contributed by atoms with Gasteiger partial charge in [0.15, 0.2) is 5.16 Å². The van der Waals surface area contributed by atoms with Gasteiger partial charge in [-0.2, -0.15) is 0 Å². The van der Waals surface area contributed by atoms with Gasteiger partial charge in [0.05, 0.1) is 11.5 Å². The number of aromatic nitrogens is 2. The van der Waals surface area contributed by atoms with E-state index in [0.717, 1.165) is 45.6 Å². The zero-order valence-corrected chi connectivity index (χ0v) is 17.6. The number of hydrogen-bond acceptors (Lipinski definition) is 6. The lowest BCUT2D eigenvalue weighted by atomic mass is 9.89. The second-order valence-electron chi connectivity index (χ2n) is 7.52. The van der Waals surface area contributed by atoms with Gasteiger partial charge in [-0.25, -0.2) is 9.97 Å². The van der Waals surface area contributed by atoms with Crippen LogP contribution in [0.2, 0.25) is 0 Å². The minimum absolute atomic E-state index is 0.188. The lowest BCUT2D eigenvalue weighted by Gasteiger charge is -2.17. The number of nitrogen functional groups attached to an aromatic ring is 1. The van der Waals surface area contributed by atoms with Gasteiger partial charge < -0.3 is 10.5 Å². The summed E-state index contributed by atoms with van der Waals surface area (Å²) in [4.78, 5) is 11.9. The lowest BCUT2D eigenvalue weighted by molar-refractivity contribution is 0.242. The molecule has 0 spiro atoms. The Kier molecular flexibility index (Phi) is 5.28. The first kappa shape index (κ1) is 18.6. The number of benzene rings is 1. The van der Waals surface area contributed by atoms with Gasteiger partial charge in [0.2, 0.25) is 0 Å². The van der Waals surface area contributed by atoms with Crippen molar-refractivity contribution in [2.75, 3.05) is 5.73 Å². The average Bonchev–Trinajstić information content (AvgIpc) is 2.98. The maximum Gasteiger partial charge on any atom is 0.191 e. The fourth-order valence-corrected chi connectivity index (χ4v) is 5.75. The maximum absolute atomic E-state index is 6.32. The monoisotopic (exact) mass is 399 g/mol. The molecule has 0 fully saturated rings. The van der Waals surface area contributed by atoms with E-state index in [1.807, 2.05) is 26.0 Å². The van der Waals surface area contributed by atoms with Gasteiger partial charge in [0.1, 0.15) is 16.4 Å². The number of thiophene rings is 1. The van der Waals surface area contributed by atoms with Crippen LogP contribution >= 0.6 is 23.1 Å². The molecule has 0 saturated carbocycles. The summed E-state index contributed by atoms with van der Waals surface area (Å²) >= 11 is 3.43. The summed E-state index contributed by atoms with van der Waals surface area (Å²) in [6.45, 7) is 6.39. The van der Waals surface area contributed by atoms with Crippen molar-refractivity contribution < 1.29 is 4.74 Å². The van der Waals surface area contributed by atoms with Crippen LogP contribution in [0, 0.1) is 5.92 Å². The van der Waals surface area contributed by atoms with Crippen molar-refractivity contribution >= 4 is 39.1 Å². The molecule has 0 bridgehead atoms. The number of ether oxygens (including phenoxy) is 1. The van der Waals surface area contributed by atoms with Crippen molar-refractivity contribution in [3.05, 3.63) is 40.3 Å². The molecule has 1 atom stereocenters. The van der Waals surface area contributed by atoms with Gasteiger partial charge in [0, 0.05) is 10.6 Å². The van der Waals surface area contributed by atoms with E-state index in [4.69, 9.17) is 15.5 Å². The molecule has 1 aromatic carbocycles. The molecule has 27 heavy (non-hydrogen) atoms. The third kappa shape index (κ3) is 4.06. The van der Waals surface area contributed by atoms with Crippen molar-refractivity contribution in [2.45, 2.75) is 57.0 Å². The Morgan fingerprint density at radius 1 is 1.26 bits per heavy atom. The van der Waals surface area contributed by atoms with Crippen LogP contribution in [0.15, 0.2) is 29.4 Å². The number of anilines is 1. The Bertz CT molecular complexity index is 950. The average molecular weight is 400 g/mol. The zero-order valence-electron chi connectivity index (χ0n) is 16.0. The van der Waals surface area contributed by atoms with Crippen molar-refractivity contribution in [1.82, 2.24) is 9.97 Å². The van der Waals surface area contributed by atoms with Gasteiger partial charge in [-0.3, -0.25) is 0 Å². The van der Waals surface area contributed by atoms with E-state index in [2.05, 4.69) is 24.0 Å². The molecule has 2 aromatic heterocycles. The third-order valence-corrected chi connectivity index (χ3v) is 6.89. The quantitative estimate of drug-likeness (QED) is 0.455.